The molecule has 0 bridgehead atoms. The molecule has 0 amide bonds. The average molecular weight is 274 g/mol. The van der Waals surface area contributed by atoms with Gasteiger partial charge in [-0.05, 0) is 25.7 Å². The van der Waals surface area contributed by atoms with E-state index in [0.717, 1.165) is 0 Å². The Labute approximate surface area is 114 Å². The first-order valence-corrected chi connectivity index (χ1v) is 6.98. The van der Waals surface area contributed by atoms with E-state index < -0.39 is 24.2 Å². The predicted octanol–water partition coefficient (Wildman–Crippen LogP) is 0.499. The molecule has 1 saturated heterocycles. The second-order valence-electron chi connectivity index (χ2n) is 5.91. The molecule has 5 nitrogen and oxygen atoms in total. The van der Waals surface area contributed by atoms with Crippen molar-refractivity contribution in [1.82, 2.24) is 0 Å². The maximum Gasteiger partial charge on any atom is 0.129 e. The molecule has 1 aliphatic heterocycles. The molecule has 3 unspecified atom stereocenters. The Morgan fingerprint density at radius 2 is 1.84 bits per heavy atom. The van der Waals surface area contributed by atoms with Crippen LogP contribution >= 0.6 is 0 Å². The van der Waals surface area contributed by atoms with Crippen molar-refractivity contribution in [3.63, 3.8) is 0 Å². The third-order valence-corrected chi connectivity index (χ3v) is 3.69. The van der Waals surface area contributed by atoms with Crippen LogP contribution in [0.5, 0.6) is 0 Å². The summed E-state index contributed by atoms with van der Waals surface area (Å²) in [7, 11) is 0. The minimum atomic E-state index is -1.00. The smallest absolute Gasteiger partial charge is 0.129 e. The zero-order valence-electron chi connectivity index (χ0n) is 12.0. The van der Waals surface area contributed by atoms with E-state index in [0.29, 0.717) is 25.2 Å². The van der Waals surface area contributed by atoms with Crippen molar-refractivity contribution < 1.29 is 24.9 Å². The molecule has 0 saturated carbocycles. The number of ketones is 1. The number of rotatable bonds is 6. The summed E-state index contributed by atoms with van der Waals surface area (Å²) in [6.45, 7) is 5.29. The standard InChI is InChI=1S/C14H26O5/c1-8(2)6-12-14(18)13(17)10(7-15)11(19-12)5-4-9(3)16/h8,10-15,17-18H,4-7H2,1-3H3/t10-,11?,12-,13?,14?/m1/s1. The van der Waals surface area contributed by atoms with Crippen molar-refractivity contribution in [2.24, 2.45) is 11.8 Å². The Balaban J connectivity index is 2.72. The number of carbonyl (C=O) groups excluding carboxylic acids is 1. The van der Waals surface area contributed by atoms with Crippen LogP contribution in [-0.4, -0.2) is 52.1 Å². The van der Waals surface area contributed by atoms with Gasteiger partial charge in [-0.25, -0.2) is 0 Å². The first-order chi connectivity index (χ1) is 8.86. The van der Waals surface area contributed by atoms with Gasteiger partial charge in [-0.2, -0.15) is 0 Å². The fraction of sp³-hybridized carbons (Fsp3) is 0.929. The molecular weight excluding hydrogens is 248 g/mol. The number of hydrogen-bond donors (Lipinski definition) is 3. The Morgan fingerprint density at radius 3 is 2.32 bits per heavy atom. The van der Waals surface area contributed by atoms with Gasteiger partial charge < -0.3 is 24.9 Å². The van der Waals surface area contributed by atoms with Crippen LogP contribution < -0.4 is 0 Å². The first-order valence-electron chi connectivity index (χ1n) is 6.98. The molecule has 1 fully saturated rings. The largest absolute Gasteiger partial charge is 0.396 e. The van der Waals surface area contributed by atoms with Crippen molar-refractivity contribution in [3.8, 4) is 0 Å². The summed E-state index contributed by atoms with van der Waals surface area (Å²) in [5.74, 6) is -0.134. The SMILES string of the molecule is CC(=O)CCC1O[C@H](CC(C)C)C(O)C(O)[C@@H]1CO. The lowest BCUT2D eigenvalue weighted by molar-refractivity contribution is -0.211. The molecule has 5 heteroatoms. The lowest BCUT2D eigenvalue weighted by atomic mass is 9.83. The highest BCUT2D eigenvalue weighted by Gasteiger charge is 2.43. The second kappa shape index (κ2) is 7.33. The third-order valence-electron chi connectivity index (χ3n) is 3.69. The van der Waals surface area contributed by atoms with Gasteiger partial charge in [0.25, 0.3) is 0 Å². The van der Waals surface area contributed by atoms with E-state index in [-0.39, 0.29) is 18.5 Å². The summed E-state index contributed by atoms with van der Waals surface area (Å²) in [6.07, 6.45) is -1.32. The average Bonchev–Trinajstić information content (AvgIpc) is 2.32. The molecule has 0 spiro atoms. The van der Waals surface area contributed by atoms with E-state index in [1.807, 2.05) is 13.8 Å². The van der Waals surface area contributed by atoms with Crippen LogP contribution in [0.25, 0.3) is 0 Å². The Hall–Kier alpha value is -0.490. The van der Waals surface area contributed by atoms with Crippen LogP contribution in [0.15, 0.2) is 0 Å². The second-order valence-corrected chi connectivity index (χ2v) is 5.91. The van der Waals surface area contributed by atoms with E-state index in [1.54, 1.807) is 0 Å². The highest BCUT2D eigenvalue weighted by molar-refractivity contribution is 5.75. The third kappa shape index (κ3) is 4.53. The molecule has 112 valence electrons. The highest BCUT2D eigenvalue weighted by Crippen LogP contribution is 2.31. The Kier molecular flexibility index (Phi) is 6.39. The Bertz CT molecular complexity index is 292. The minimum Gasteiger partial charge on any atom is -0.396 e. The number of Topliss-reactive ketones (excluding diaryl/α,β-unsaturated/α-hetero) is 1. The fourth-order valence-corrected chi connectivity index (χ4v) is 2.61. The fourth-order valence-electron chi connectivity index (χ4n) is 2.61. The van der Waals surface area contributed by atoms with Gasteiger partial charge in [-0.15, -0.1) is 0 Å². The molecule has 0 aliphatic carbocycles. The number of aliphatic hydroxyl groups excluding tert-OH is 3. The molecular formula is C14H26O5. The molecule has 0 aromatic heterocycles. The van der Waals surface area contributed by atoms with Crippen LogP contribution in [0, 0.1) is 11.8 Å². The van der Waals surface area contributed by atoms with E-state index >= 15 is 0 Å². The molecule has 0 aromatic rings. The Morgan fingerprint density at radius 1 is 1.21 bits per heavy atom. The van der Waals surface area contributed by atoms with E-state index in [2.05, 4.69) is 0 Å². The summed E-state index contributed by atoms with van der Waals surface area (Å²) in [5, 5.41) is 29.5. The van der Waals surface area contributed by atoms with E-state index in [1.165, 1.54) is 6.92 Å². The number of ether oxygens (including phenoxy) is 1. The van der Waals surface area contributed by atoms with Crippen LogP contribution in [-0.2, 0) is 9.53 Å². The monoisotopic (exact) mass is 274 g/mol. The van der Waals surface area contributed by atoms with Crippen LogP contribution in [0.4, 0.5) is 0 Å². The van der Waals surface area contributed by atoms with Crippen molar-refractivity contribution >= 4 is 5.78 Å². The van der Waals surface area contributed by atoms with Crippen molar-refractivity contribution in [2.75, 3.05) is 6.61 Å². The van der Waals surface area contributed by atoms with Gasteiger partial charge in [0.15, 0.2) is 0 Å². The summed E-state index contributed by atoms with van der Waals surface area (Å²) in [5.41, 5.74) is 0. The van der Waals surface area contributed by atoms with Gasteiger partial charge in [0.1, 0.15) is 11.9 Å². The van der Waals surface area contributed by atoms with Gasteiger partial charge in [-0.1, -0.05) is 13.8 Å². The van der Waals surface area contributed by atoms with E-state index in [4.69, 9.17) is 4.74 Å². The number of hydrogen-bond acceptors (Lipinski definition) is 5. The van der Waals surface area contributed by atoms with Gasteiger partial charge in [0.2, 0.25) is 0 Å². The minimum absolute atomic E-state index is 0.0568. The molecule has 1 heterocycles. The quantitative estimate of drug-likeness (QED) is 0.656. The van der Waals surface area contributed by atoms with Crippen LogP contribution in [0.1, 0.15) is 40.0 Å². The van der Waals surface area contributed by atoms with Crippen LogP contribution in [0.2, 0.25) is 0 Å². The topological polar surface area (TPSA) is 87.0 Å². The summed E-state index contributed by atoms with van der Waals surface area (Å²) < 4.78 is 5.81. The molecule has 1 aliphatic rings. The summed E-state index contributed by atoms with van der Waals surface area (Å²) in [4.78, 5) is 11.1. The van der Waals surface area contributed by atoms with Crippen molar-refractivity contribution in [2.45, 2.75) is 64.4 Å². The molecule has 19 heavy (non-hydrogen) atoms. The molecule has 0 aromatic carbocycles. The zero-order chi connectivity index (χ0) is 14.6. The van der Waals surface area contributed by atoms with Gasteiger partial charge in [0.05, 0.1) is 24.9 Å². The normalized spacial score (nSPS) is 35.6. The molecule has 3 N–H and O–H groups in total. The maximum absolute atomic E-state index is 11.1. The predicted molar refractivity (Wildman–Crippen MR) is 70.6 cm³/mol. The summed E-state index contributed by atoms with van der Waals surface area (Å²) >= 11 is 0. The van der Waals surface area contributed by atoms with Gasteiger partial charge in [-0.3, -0.25) is 0 Å². The van der Waals surface area contributed by atoms with Crippen molar-refractivity contribution in [1.29, 1.82) is 0 Å². The lowest BCUT2D eigenvalue weighted by Gasteiger charge is -2.43. The van der Waals surface area contributed by atoms with Crippen LogP contribution in [0.3, 0.4) is 0 Å². The maximum atomic E-state index is 11.1. The molecule has 1 rings (SSSR count). The number of aliphatic hydroxyl groups is 3. The molecule has 5 atom stereocenters. The highest BCUT2D eigenvalue weighted by atomic mass is 16.5. The lowest BCUT2D eigenvalue weighted by Crippen LogP contribution is -2.55. The zero-order valence-corrected chi connectivity index (χ0v) is 12.0. The van der Waals surface area contributed by atoms with Gasteiger partial charge in [0, 0.05) is 12.3 Å². The molecule has 0 radical (unpaired) electrons. The summed E-state index contributed by atoms with van der Waals surface area (Å²) in [6, 6.07) is 0. The first kappa shape index (κ1) is 16.6. The van der Waals surface area contributed by atoms with Gasteiger partial charge >= 0.3 is 0 Å². The van der Waals surface area contributed by atoms with E-state index in [9.17, 15) is 20.1 Å². The van der Waals surface area contributed by atoms with Crippen molar-refractivity contribution in [3.05, 3.63) is 0 Å². The number of carbonyl (C=O) groups is 1.